The van der Waals surface area contributed by atoms with Crippen molar-refractivity contribution < 1.29 is 4.74 Å². The molecule has 0 amide bonds. The van der Waals surface area contributed by atoms with Crippen LogP contribution in [0.25, 0.3) is 0 Å². The molecule has 0 aromatic heterocycles. The van der Waals surface area contributed by atoms with Gasteiger partial charge in [-0.3, -0.25) is 0 Å². The van der Waals surface area contributed by atoms with Crippen LogP contribution in [0.1, 0.15) is 25.7 Å². The van der Waals surface area contributed by atoms with E-state index in [9.17, 15) is 0 Å². The van der Waals surface area contributed by atoms with Crippen LogP contribution >= 0.6 is 0 Å². The Balaban J connectivity index is 1.95. The molecule has 3 nitrogen and oxygen atoms in total. The summed E-state index contributed by atoms with van der Waals surface area (Å²) in [6, 6.07) is 2.22. The van der Waals surface area contributed by atoms with Crippen LogP contribution in [-0.4, -0.2) is 50.8 Å². The van der Waals surface area contributed by atoms with Crippen LogP contribution in [0.2, 0.25) is 0 Å². The summed E-state index contributed by atoms with van der Waals surface area (Å²) in [6.45, 7) is 0.852. The average molecular weight is 212 g/mol. The molecular formula is C12H24N2O. The first-order chi connectivity index (χ1) is 7.26. The number of piperidine rings is 1. The first-order valence-electron chi connectivity index (χ1n) is 6.14. The highest BCUT2D eigenvalue weighted by molar-refractivity contribution is 4.96. The van der Waals surface area contributed by atoms with E-state index in [1.165, 1.54) is 25.7 Å². The smallest absolute Gasteiger partial charge is 0.0618 e. The third-order valence-electron chi connectivity index (χ3n) is 4.42. The summed E-state index contributed by atoms with van der Waals surface area (Å²) < 4.78 is 5.29. The second kappa shape index (κ2) is 4.81. The van der Waals surface area contributed by atoms with E-state index in [1.807, 2.05) is 0 Å². The molecule has 0 aromatic rings. The predicted molar refractivity (Wildman–Crippen MR) is 62.0 cm³/mol. The minimum Gasteiger partial charge on any atom is -0.383 e. The van der Waals surface area contributed by atoms with Crippen LogP contribution < -0.4 is 5.32 Å². The molecule has 15 heavy (non-hydrogen) atoms. The zero-order valence-corrected chi connectivity index (χ0v) is 10.2. The number of fused-ring (bicyclic) bond motifs is 2. The molecule has 2 bridgehead atoms. The van der Waals surface area contributed by atoms with Gasteiger partial charge in [-0.2, -0.15) is 0 Å². The number of nitrogens with one attached hydrogen (secondary N) is 1. The van der Waals surface area contributed by atoms with Crippen molar-refractivity contribution in [2.24, 2.45) is 5.92 Å². The van der Waals surface area contributed by atoms with E-state index >= 15 is 0 Å². The Hall–Kier alpha value is -0.120. The maximum Gasteiger partial charge on any atom is 0.0618 e. The van der Waals surface area contributed by atoms with Gasteiger partial charge in [0.15, 0.2) is 0 Å². The van der Waals surface area contributed by atoms with E-state index in [-0.39, 0.29) is 0 Å². The van der Waals surface area contributed by atoms with Gasteiger partial charge in [-0.25, -0.2) is 0 Å². The highest BCUT2D eigenvalue weighted by atomic mass is 16.5. The number of likely N-dealkylation sites (N-methyl/N-ethyl adjacent to an activating group) is 1. The van der Waals surface area contributed by atoms with Crippen molar-refractivity contribution in [3.8, 4) is 0 Å². The van der Waals surface area contributed by atoms with E-state index in [2.05, 4.69) is 24.3 Å². The minimum absolute atomic E-state index is 0.548. The van der Waals surface area contributed by atoms with E-state index in [4.69, 9.17) is 4.74 Å². The Kier molecular flexibility index (Phi) is 3.65. The van der Waals surface area contributed by atoms with E-state index < -0.39 is 0 Å². The molecule has 2 aliphatic rings. The van der Waals surface area contributed by atoms with Crippen LogP contribution in [0, 0.1) is 5.92 Å². The van der Waals surface area contributed by atoms with Gasteiger partial charge < -0.3 is 15.0 Å². The van der Waals surface area contributed by atoms with Crippen molar-refractivity contribution >= 4 is 0 Å². The molecule has 0 aliphatic carbocycles. The van der Waals surface area contributed by atoms with Gasteiger partial charge in [-0.15, -0.1) is 0 Å². The number of hydrogen-bond acceptors (Lipinski definition) is 3. The Labute approximate surface area is 93.2 Å². The molecule has 0 spiro atoms. The summed E-state index contributed by atoms with van der Waals surface area (Å²) in [6.07, 6.45) is 5.51. The van der Waals surface area contributed by atoms with Crippen LogP contribution in [0.3, 0.4) is 0 Å². The lowest BCUT2D eigenvalue weighted by molar-refractivity contribution is 0.0788. The molecule has 0 aromatic carbocycles. The summed E-state index contributed by atoms with van der Waals surface area (Å²) in [5.74, 6) is 0.809. The van der Waals surface area contributed by atoms with Gasteiger partial charge in [0, 0.05) is 25.2 Å². The molecule has 3 atom stereocenters. The molecule has 1 N–H and O–H groups in total. The molecule has 0 saturated carbocycles. The monoisotopic (exact) mass is 212 g/mol. The molecule has 0 radical (unpaired) electrons. The number of nitrogens with zero attached hydrogens (tertiary/aromatic N) is 1. The Morgan fingerprint density at radius 2 is 1.93 bits per heavy atom. The number of rotatable bonds is 4. The Morgan fingerprint density at radius 1 is 1.33 bits per heavy atom. The highest BCUT2D eigenvalue weighted by Crippen LogP contribution is 2.38. The van der Waals surface area contributed by atoms with Crippen molar-refractivity contribution in [1.82, 2.24) is 10.2 Å². The summed E-state index contributed by atoms with van der Waals surface area (Å²) in [5, 5.41) is 3.41. The molecule has 2 aliphatic heterocycles. The van der Waals surface area contributed by atoms with Gasteiger partial charge in [0.05, 0.1) is 6.61 Å². The summed E-state index contributed by atoms with van der Waals surface area (Å²) in [4.78, 5) is 2.59. The minimum atomic E-state index is 0.548. The van der Waals surface area contributed by atoms with Crippen molar-refractivity contribution in [3.63, 3.8) is 0 Å². The fourth-order valence-electron chi connectivity index (χ4n) is 3.42. The maximum absolute atomic E-state index is 5.29. The van der Waals surface area contributed by atoms with E-state index in [1.54, 1.807) is 7.11 Å². The Bertz CT molecular complexity index is 196. The second-order valence-electron chi connectivity index (χ2n) is 5.13. The quantitative estimate of drug-likeness (QED) is 0.755. The number of hydrogen-bond donors (Lipinski definition) is 1. The van der Waals surface area contributed by atoms with Crippen molar-refractivity contribution in [3.05, 3.63) is 0 Å². The summed E-state index contributed by atoms with van der Waals surface area (Å²) in [5.41, 5.74) is 0. The largest absolute Gasteiger partial charge is 0.383 e. The predicted octanol–water partition coefficient (Wildman–Crippen LogP) is 1.09. The average Bonchev–Trinajstić information content (AvgIpc) is 2.50. The lowest BCUT2D eigenvalue weighted by Gasteiger charge is -2.39. The van der Waals surface area contributed by atoms with Crippen molar-refractivity contribution in [1.29, 1.82) is 0 Å². The fourth-order valence-corrected chi connectivity index (χ4v) is 3.42. The molecular weight excluding hydrogens is 188 g/mol. The Morgan fingerprint density at radius 3 is 2.40 bits per heavy atom. The van der Waals surface area contributed by atoms with Crippen LogP contribution in [0.15, 0.2) is 0 Å². The molecule has 2 heterocycles. The summed E-state index contributed by atoms with van der Waals surface area (Å²) in [7, 11) is 6.15. The molecule has 2 saturated heterocycles. The zero-order valence-electron chi connectivity index (χ0n) is 10.2. The van der Waals surface area contributed by atoms with Crippen molar-refractivity contribution in [2.75, 3.05) is 27.8 Å². The van der Waals surface area contributed by atoms with E-state index in [0.29, 0.717) is 6.04 Å². The number of methoxy groups -OCH3 is 1. The van der Waals surface area contributed by atoms with Crippen molar-refractivity contribution in [2.45, 2.75) is 43.8 Å². The van der Waals surface area contributed by atoms with Crippen LogP contribution in [0.4, 0.5) is 0 Å². The number of ether oxygens (including phenoxy) is 1. The van der Waals surface area contributed by atoms with E-state index in [0.717, 1.165) is 24.6 Å². The fraction of sp³-hybridized carbons (Fsp3) is 1.00. The SMILES string of the molecule is CNC(COC)C1CC2CCC(C1)N2C. The second-order valence-corrected chi connectivity index (χ2v) is 5.13. The van der Waals surface area contributed by atoms with Gasteiger partial charge in [0.2, 0.25) is 0 Å². The normalized spacial score (nSPS) is 38.2. The molecule has 3 unspecified atom stereocenters. The lowest BCUT2D eigenvalue weighted by Crippen LogP contribution is -2.47. The van der Waals surface area contributed by atoms with Gasteiger partial charge >= 0.3 is 0 Å². The standard InChI is InChI=1S/C12H24N2O/c1-13-12(8-15-3)9-6-10-4-5-11(7-9)14(10)2/h9-13H,4-8H2,1-3H3. The molecule has 2 fully saturated rings. The van der Waals surface area contributed by atoms with Gasteiger partial charge in [-0.05, 0) is 45.7 Å². The van der Waals surface area contributed by atoms with Crippen LogP contribution in [0.5, 0.6) is 0 Å². The topological polar surface area (TPSA) is 24.5 Å². The van der Waals surface area contributed by atoms with Gasteiger partial charge in [-0.1, -0.05) is 0 Å². The maximum atomic E-state index is 5.29. The first kappa shape index (κ1) is 11.4. The first-order valence-corrected chi connectivity index (χ1v) is 6.14. The molecule has 3 heteroatoms. The van der Waals surface area contributed by atoms with Crippen LogP contribution in [-0.2, 0) is 4.74 Å². The lowest BCUT2D eigenvalue weighted by atomic mass is 9.85. The molecule has 2 rings (SSSR count). The third-order valence-corrected chi connectivity index (χ3v) is 4.42. The highest BCUT2D eigenvalue weighted by Gasteiger charge is 2.40. The zero-order chi connectivity index (χ0) is 10.8. The van der Waals surface area contributed by atoms with Gasteiger partial charge in [0.25, 0.3) is 0 Å². The molecule has 88 valence electrons. The summed E-state index contributed by atoms with van der Waals surface area (Å²) >= 11 is 0. The van der Waals surface area contributed by atoms with Gasteiger partial charge in [0.1, 0.15) is 0 Å². The third kappa shape index (κ3) is 2.19.